The Hall–Kier alpha value is -3.40. The minimum atomic E-state index is -0.486. The molecule has 10 nitrogen and oxygen atoms in total. The lowest BCUT2D eigenvalue weighted by Gasteiger charge is -2.23. The van der Waals surface area contributed by atoms with Gasteiger partial charge in [-0.3, -0.25) is 0 Å². The van der Waals surface area contributed by atoms with Crippen molar-refractivity contribution < 1.29 is 14.3 Å². The summed E-state index contributed by atoms with van der Waals surface area (Å²) >= 11 is 0. The molecule has 10 heteroatoms. The molecule has 2 aromatic heterocycles. The maximum absolute atomic E-state index is 11.9. The summed E-state index contributed by atoms with van der Waals surface area (Å²) in [6.07, 6.45) is 3.39. The highest BCUT2D eigenvalue weighted by molar-refractivity contribution is 5.70. The van der Waals surface area contributed by atoms with Gasteiger partial charge >= 0.3 is 12.1 Å². The molecule has 0 aliphatic carbocycles. The highest BCUT2D eigenvalue weighted by Crippen LogP contribution is 2.25. The van der Waals surface area contributed by atoms with Gasteiger partial charge in [0.05, 0.1) is 6.20 Å². The van der Waals surface area contributed by atoms with Crippen molar-refractivity contribution in [1.29, 1.82) is 0 Å². The van der Waals surface area contributed by atoms with Gasteiger partial charge in [0.15, 0.2) is 5.65 Å². The van der Waals surface area contributed by atoms with E-state index in [1.807, 2.05) is 31.3 Å². The Labute approximate surface area is 193 Å². The van der Waals surface area contributed by atoms with Gasteiger partial charge < -0.3 is 25.4 Å². The smallest absolute Gasteiger partial charge is 0.412 e. The third-order valence-electron chi connectivity index (χ3n) is 5.45. The molecule has 1 saturated heterocycles. The maximum Gasteiger partial charge on any atom is 0.412 e. The van der Waals surface area contributed by atoms with E-state index in [0.29, 0.717) is 36.4 Å². The molecule has 1 aliphatic heterocycles. The average Bonchev–Trinajstić information content (AvgIpc) is 3.24. The lowest BCUT2D eigenvalue weighted by molar-refractivity contribution is 0.153. The Kier molecular flexibility index (Phi) is 7.23. The summed E-state index contributed by atoms with van der Waals surface area (Å²) in [6.45, 7) is 8.70. The predicted octanol–water partition coefficient (Wildman–Crippen LogP) is 3.10. The summed E-state index contributed by atoms with van der Waals surface area (Å²) in [6, 6.07) is 7.71. The summed E-state index contributed by atoms with van der Waals surface area (Å²) in [5.41, 5.74) is 2.55. The number of nitrogens with zero attached hydrogens (tertiary/aromatic N) is 4. The molecule has 1 aromatic carbocycles. The van der Waals surface area contributed by atoms with Gasteiger partial charge in [0, 0.05) is 30.8 Å². The lowest BCUT2D eigenvalue weighted by atomic mass is 10.1. The van der Waals surface area contributed by atoms with E-state index in [1.165, 1.54) is 0 Å². The molecule has 0 bridgehead atoms. The maximum atomic E-state index is 11.9. The second-order valence-corrected chi connectivity index (χ2v) is 8.29. The van der Waals surface area contributed by atoms with Crippen LogP contribution in [0.2, 0.25) is 0 Å². The van der Waals surface area contributed by atoms with Gasteiger partial charge in [-0.2, -0.15) is 19.6 Å². The van der Waals surface area contributed by atoms with E-state index in [-0.39, 0.29) is 12.0 Å². The van der Waals surface area contributed by atoms with Crippen LogP contribution >= 0.6 is 0 Å². The van der Waals surface area contributed by atoms with E-state index >= 15 is 0 Å². The first kappa shape index (κ1) is 22.8. The zero-order valence-corrected chi connectivity index (χ0v) is 19.3. The summed E-state index contributed by atoms with van der Waals surface area (Å²) < 4.78 is 13.3. The van der Waals surface area contributed by atoms with Crippen molar-refractivity contribution in [3.63, 3.8) is 0 Å². The fourth-order valence-corrected chi connectivity index (χ4v) is 3.72. The van der Waals surface area contributed by atoms with Crippen LogP contribution in [0.4, 0.5) is 10.7 Å². The number of hydrogen-bond donors (Lipinski definition) is 3. The number of fused-ring (bicyclic) bond motifs is 1. The Morgan fingerprint density at radius 1 is 1.30 bits per heavy atom. The summed E-state index contributed by atoms with van der Waals surface area (Å²) in [4.78, 5) is 21.2. The minimum absolute atomic E-state index is 0.0330. The van der Waals surface area contributed by atoms with Crippen LogP contribution in [0, 0.1) is 0 Å². The van der Waals surface area contributed by atoms with E-state index in [0.717, 1.165) is 37.1 Å². The van der Waals surface area contributed by atoms with Crippen LogP contribution in [-0.2, 0) is 6.54 Å². The van der Waals surface area contributed by atoms with Crippen molar-refractivity contribution >= 4 is 17.7 Å². The molecule has 1 fully saturated rings. The second kappa shape index (κ2) is 10.5. The molecule has 1 aliphatic rings. The van der Waals surface area contributed by atoms with Crippen LogP contribution in [0.5, 0.6) is 11.8 Å². The third-order valence-corrected chi connectivity index (χ3v) is 5.45. The number of amides is 1. The van der Waals surface area contributed by atoms with E-state index in [4.69, 9.17) is 9.47 Å². The number of anilines is 1. The van der Waals surface area contributed by atoms with Crippen molar-refractivity contribution in [2.24, 2.45) is 0 Å². The van der Waals surface area contributed by atoms with Gasteiger partial charge in [-0.05, 0) is 38.3 Å². The van der Waals surface area contributed by atoms with Crippen molar-refractivity contribution in [3.05, 3.63) is 41.6 Å². The van der Waals surface area contributed by atoms with Gasteiger partial charge in [0.2, 0.25) is 5.95 Å². The molecule has 3 heterocycles. The quantitative estimate of drug-likeness (QED) is 0.477. The fraction of sp³-hybridized carbons (Fsp3) is 0.478. The van der Waals surface area contributed by atoms with E-state index in [2.05, 4.69) is 44.9 Å². The van der Waals surface area contributed by atoms with E-state index in [1.54, 1.807) is 10.6 Å². The van der Waals surface area contributed by atoms with Crippen LogP contribution in [0.15, 0.2) is 30.5 Å². The zero-order chi connectivity index (χ0) is 23.2. The number of rotatable bonds is 8. The van der Waals surface area contributed by atoms with Crippen LogP contribution in [0.25, 0.3) is 5.65 Å². The molecule has 0 saturated carbocycles. The molecular weight excluding hydrogens is 422 g/mol. The largest absolute Gasteiger partial charge is 0.459 e. The fourth-order valence-electron chi connectivity index (χ4n) is 3.72. The highest BCUT2D eigenvalue weighted by atomic mass is 16.6. The molecule has 3 N–H and O–H groups in total. The topological polar surface area (TPSA) is 115 Å². The molecule has 1 amide bonds. The van der Waals surface area contributed by atoms with E-state index < -0.39 is 6.09 Å². The average molecular weight is 454 g/mol. The number of para-hydroxylation sites is 1. The molecule has 1 unspecified atom stereocenters. The van der Waals surface area contributed by atoms with Crippen LogP contribution in [0.1, 0.15) is 50.7 Å². The standard InChI is InChI=1S/C23H31N7O3/c1-4-25-23(31)33-19-10-6-5-8-16(19)12-26-21-29-22(32-17-9-7-11-24-13-17)28-20-18(15(2)3)14-27-30(20)21/h5-6,8,10,14-15,17,24H,4,7,9,11-13H2,1-3H3,(H,25,31)(H,26,28,29). The molecule has 3 aromatic rings. The highest BCUT2D eigenvalue weighted by Gasteiger charge is 2.20. The number of benzene rings is 1. The zero-order valence-electron chi connectivity index (χ0n) is 19.3. The van der Waals surface area contributed by atoms with Crippen LogP contribution in [-0.4, -0.2) is 51.4 Å². The second-order valence-electron chi connectivity index (χ2n) is 8.29. The molecule has 1 atom stereocenters. The van der Waals surface area contributed by atoms with Gasteiger partial charge in [-0.1, -0.05) is 32.0 Å². The number of nitrogens with one attached hydrogen (secondary N) is 3. The number of carbonyl (C=O) groups is 1. The molecular formula is C23H31N7O3. The van der Waals surface area contributed by atoms with Gasteiger partial charge in [0.1, 0.15) is 11.9 Å². The number of aromatic nitrogens is 4. The Balaban J connectivity index is 1.60. The molecule has 0 spiro atoms. The van der Waals surface area contributed by atoms with Crippen molar-refractivity contribution in [2.45, 2.75) is 52.2 Å². The number of carbonyl (C=O) groups excluding carboxylic acids is 1. The monoisotopic (exact) mass is 453 g/mol. The molecule has 0 radical (unpaired) electrons. The van der Waals surface area contributed by atoms with E-state index in [9.17, 15) is 4.79 Å². The molecule has 33 heavy (non-hydrogen) atoms. The number of hydrogen-bond acceptors (Lipinski definition) is 8. The van der Waals surface area contributed by atoms with Crippen molar-refractivity contribution in [1.82, 2.24) is 30.2 Å². The van der Waals surface area contributed by atoms with Crippen molar-refractivity contribution in [3.8, 4) is 11.8 Å². The molecule has 4 rings (SSSR count). The van der Waals surface area contributed by atoms with Crippen LogP contribution < -0.4 is 25.4 Å². The van der Waals surface area contributed by atoms with Gasteiger partial charge in [0.25, 0.3) is 0 Å². The minimum Gasteiger partial charge on any atom is -0.459 e. The van der Waals surface area contributed by atoms with Gasteiger partial charge in [-0.15, -0.1) is 0 Å². The first-order chi connectivity index (χ1) is 16.0. The number of piperidine rings is 1. The summed E-state index contributed by atoms with van der Waals surface area (Å²) in [7, 11) is 0. The first-order valence-corrected chi connectivity index (χ1v) is 11.5. The van der Waals surface area contributed by atoms with Crippen molar-refractivity contribution in [2.75, 3.05) is 25.0 Å². The third kappa shape index (κ3) is 5.51. The Morgan fingerprint density at radius 3 is 2.91 bits per heavy atom. The Morgan fingerprint density at radius 2 is 2.15 bits per heavy atom. The normalized spacial score (nSPS) is 16.1. The van der Waals surface area contributed by atoms with Crippen LogP contribution in [0.3, 0.4) is 0 Å². The predicted molar refractivity (Wildman–Crippen MR) is 125 cm³/mol. The SMILES string of the molecule is CCNC(=O)Oc1ccccc1CNc1nc(OC2CCCNC2)nc2c(C(C)C)cnn12. The Bertz CT molecular complexity index is 1090. The van der Waals surface area contributed by atoms with Gasteiger partial charge in [-0.25, -0.2) is 4.79 Å². The summed E-state index contributed by atoms with van der Waals surface area (Å²) in [5.74, 6) is 1.24. The lowest BCUT2D eigenvalue weighted by Crippen LogP contribution is -2.37. The summed E-state index contributed by atoms with van der Waals surface area (Å²) in [5, 5.41) is 13.8. The first-order valence-electron chi connectivity index (χ1n) is 11.5. The number of ether oxygens (including phenoxy) is 2. The molecule has 176 valence electrons.